The number of likely N-dealkylation sites (N-methyl/N-ethyl adjacent to an activating group) is 1. The van der Waals surface area contributed by atoms with Crippen LogP contribution in [0.2, 0.25) is 0 Å². The van der Waals surface area contributed by atoms with Crippen molar-refractivity contribution >= 4 is 13.7 Å². The van der Waals surface area contributed by atoms with Gasteiger partial charge in [0, 0.05) is 6.42 Å². The zero-order valence-electron chi connectivity index (χ0n) is 32.4. The lowest BCUT2D eigenvalue weighted by Gasteiger charge is -2.29. The van der Waals surface area contributed by atoms with Gasteiger partial charge in [-0.1, -0.05) is 140 Å². The Morgan fingerprint density at radius 2 is 1.18 bits per heavy atom. The molecule has 0 aliphatic carbocycles. The van der Waals surface area contributed by atoms with Crippen LogP contribution in [-0.4, -0.2) is 68.5 Å². The molecular formula is C40H77N2O6P. The number of phosphoric acid groups is 1. The zero-order chi connectivity index (χ0) is 36.5. The van der Waals surface area contributed by atoms with E-state index in [0.29, 0.717) is 17.4 Å². The Morgan fingerprint density at radius 3 is 1.73 bits per heavy atom. The van der Waals surface area contributed by atoms with Crippen LogP contribution in [0.4, 0.5) is 0 Å². The SMILES string of the molecule is CCCCC/C=C/C/C=C/CCCCCCCC(=O)N[C@@H](COP(=O)([O-])OCC[N+](C)(C)C)[C@H](O)/C=C/CCCCCCCCCCCC. The molecule has 1 unspecified atom stereocenters. The van der Waals surface area contributed by atoms with Crippen LogP contribution in [0.3, 0.4) is 0 Å². The number of nitrogens with zero attached hydrogens (tertiary/aromatic N) is 1. The lowest BCUT2D eigenvalue weighted by atomic mass is 10.1. The van der Waals surface area contributed by atoms with E-state index in [4.69, 9.17) is 9.05 Å². The molecule has 1 amide bonds. The molecule has 0 saturated heterocycles. The van der Waals surface area contributed by atoms with Crippen molar-refractivity contribution in [1.82, 2.24) is 5.32 Å². The number of quaternary nitrogens is 1. The van der Waals surface area contributed by atoms with Crippen LogP contribution in [0.15, 0.2) is 36.5 Å². The number of nitrogens with one attached hydrogen (secondary N) is 1. The molecule has 9 heteroatoms. The highest BCUT2D eigenvalue weighted by molar-refractivity contribution is 7.45. The fraction of sp³-hybridized carbons (Fsp3) is 0.825. The molecule has 0 heterocycles. The minimum absolute atomic E-state index is 0.00452. The fourth-order valence-corrected chi connectivity index (χ4v) is 6.08. The highest BCUT2D eigenvalue weighted by Gasteiger charge is 2.23. The van der Waals surface area contributed by atoms with Gasteiger partial charge in [-0.3, -0.25) is 9.36 Å². The van der Waals surface area contributed by atoms with Crippen LogP contribution >= 0.6 is 7.82 Å². The molecule has 0 saturated carbocycles. The van der Waals surface area contributed by atoms with Crippen molar-refractivity contribution in [3.05, 3.63) is 36.5 Å². The number of hydrogen-bond acceptors (Lipinski definition) is 6. The van der Waals surface area contributed by atoms with Gasteiger partial charge in [0.2, 0.25) is 5.91 Å². The number of carbonyl (C=O) groups excluding carboxylic acids is 1. The van der Waals surface area contributed by atoms with Crippen LogP contribution in [0.25, 0.3) is 0 Å². The van der Waals surface area contributed by atoms with Gasteiger partial charge in [0.15, 0.2) is 0 Å². The van der Waals surface area contributed by atoms with E-state index in [2.05, 4.69) is 43.5 Å². The van der Waals surface area contributed by atoms with Gasteiger partial charge in [-0.05, 0) is 51.4 Å². The Morgan fingerprint density at radius 1 is 0.714 bits per heavy atom. The van der Waals surface area contributed by atoms with Gasteiger partial charge < -0.3 is 28.8 Å². The van der Waals surface area contributed by atoms with E-state index in [1.165, 1.54) is 77.0 Å². The van der Waals surface area contributed by atoms with Gasteiger partial charge in [0.1, 0.15) is 13.2 Å². The first-order chi connectivity index (χ1) is 23.5. The summed E-state index contributed by atoms with van der Waals surface area (Å²) < 4.78 is 23.1. The number of hydrogen-bond donors (Lipinski definition) is 2. The summed E-state index contributed by atoms with van der Waals surface area (Å²) in [6, 6.07) is -0.890. The van der Waals surface area contributed by atoms with E-state index in [9.17, 15) is 19.4 Å². The van der Waals surface area contributed by atoms with Gasteiger partial charge in [-0.2, -0.15) is 0 Å². The average Bonchev–Trinajstić information content (AvgIpc) is 3.04. The number of aliphatic hydroxyl groups is 1. The Hall–Kier alpha value is -1.28. The third-order valence-corrected chi connectivity index (χ3v) is 9.56. The number of rotatable bonds is 35. The van der Waals surface area contributed by atoms with Gasteiger partial charge in [0.05, 0.1) is 39.9 Å². The third-order valence-electron chi connectivity index (χ3n) is 8.59. The predicted molar refractivity (Wildman–Crippen MR) is 205 cm³/mol. The molecular weight excluding hydrogens is 635 g/mol. The van der Waals surface area contributed by atoms with E-state index in [-0.39, 0.29) is 19.1 Å². The molecule has 0 aliphatic rings. The first-order valence-corrected chi connectivity index (χ1v) is 21.3. The maximum Gasteiger partial charge on any atom is 0.268 e. The Bertz CT molecular complexity index is 902. The van der Waals surface area contributed by atoms with E-state index < -0.39 is 20.0 Å². The van der Waals surface area contributed by atoms with Crippen molar-refractivity contribution in [3.8, 4) is 0 Å². The summed E-state index contributed by atoms with van der Waals surface area (Å²) in [5, 5.41) is 13.7. The Labute approximate surface area is 302 Å². The molecule has 2 N–H and O–H groups in total. The maximum absolute atomic E-state index is 12.8. The number of unbranched alkanes of at least 4 members (excludes halogenated alkanes) is 18. The second kappa shape index (κ2) is 32.6. The van der Waals surface area contributed by atoms with Crippen molar-refractivity contribution < 1.29 is 32.9 Å². The normalized spacial score (nSPS) is 15.0. The second-order valence-corrected chi connectivity index (χ2v) is 16.0. The minimum Gasteiger partial charge on any atom is -0.756 e. The molecule has 8 nitrogen and oxygen atoms in total. The van der Waals surface area contributed by atoms with Gasteiger partial charge >= 0.3 is 0 Å². The largest absolute Gasteiger partial charge is 0.756 e. The fourth-order valence-electron chi connectivity index (χ4n) is 5.36. The van der Waals surface area contributed by atoms with Crippen molar-refractivity contribution in [3.63, 3.8) is 0 Å². The molecule has 0 aromatic heterocycles. The maximum atomic E-state index is 12.8. The highest BCUT2D eigenvalue weighted by Crippen LogP contribution is 2.38. The van der Waals surface area contributed by atoms with E-state index in [1.54, 1.807) is 6.08 Å². The number of allylic oxidation sites excluding steroid dienone is 5. The standard InChI is InChI=1S/C40H77N2O6P/c1-6-8-10-12-14-16-18-20-21-22-24-26-28-30-32-34-40(44)41-38(37-48-49(45,46)47-36-35-42(3,4)5)39(43)33-31-29-27-25-23-19-17-15-13-11-9-7-2/h14,16,20-21,31,33,38-39,43H,6-13,15,17-19,22-30,32,34-37H2,1-5H3,(H-,41,44,45,46)/b16-14+,21-20+,33-31+/t38-,39+/m0/s1. The van der Waals surface area contributed by atoms with Crippen LogP contribution in [0.1, 0.15) is 162 Å². The third kappa shape index (κ3) is 34.9. The van der Waals surface area contributed by atoms with Gasteiger partial charge in [-0.25, -0.2) is 0 Å². The van der Waals surface area contributed by atoms with Crippen LogP contribution < -0.4 is 10.2 Å². The molecule has 0 fully saturated rings. The number of aliphatic hydroxyl groups excluding tert-OH is 1. The number of phosphoric ester groups is 1. The van der Waals surface area contributed by atoms with Crippen LogP contribution in [0, 0.1) is 0 Å². The van der Waals surface area contributed by atoms with Gasteiger partial charge in [-0.15, -0.1) is 0 Å². The molecule has 0 aliphatic heterocycles. The molecule has 288 valence electrons. The first kappa shape index (κ1) is 47.7. The van der Waals surface area contributed by atoms with E-state index >= 15 is 0 Å². The summed E-state index contributed by atoms with van der Waals surface area (Å²) in [6.07, 6.45) is 37.5. The summed E-state index contributed by atoms with van der Waals surface area (Å²) in [6.45, 7) is 4.57. The summed E-state index contributed by atoms with van der Waals surface area (Å²) in [4.78, 5) is 25.2. The molecule has 0 aromatic carbocycles. The van der Waals surface area contributed by atoms with E-state index in [0.717, 1.165) is 64.2 Å². The predicted octanol–water partition coefficient (Wildman–Crippen LogP) is 9.72. The molecule has 0 aromatic rings. The lowest BCUT2D eigenvalue weighted by Crippen LogP contribution is -2.45. The quantitative estimate of drug-likeness (QED) is 0.0293. The Kier molecular flexibility index (Phi) is 31.8. The molecule has 0 radical (unpaired) electrons. The first-order valence-electron chi connectivity index (χ1n) is 19.9. The minimum atomic E-state index is -4.58. The summed E-state index contributed by atoms with van der Waals surface area (Å²) in [5.74, 6) is -0.215. The average molecular weight is 713 g/mol. The summed E-state index contributed by atoms with van der Waals surface area (Å²) in [7, 11) is 1.24. The van der Waals surface area contributed by atoms with Crippen molar-refractivity contribution in [2.24, 2.45) is 0 Å². The molecule has 0 bridgehead atoms. The lowest BCUT2D eigenvalue weighted by molar-refractivity contribution is -0.870. The monoisotopic (exact) mass is 713 g/mol. The summed E-state index contributed by atoms with van der Waals surface area (Å²) >= 11 is 0. The van der Waals surface area contributed by atoms with Gasteiger partial charge in [0.25, 0.3) is 7.82 Å². The van der Waals surface area contributed by atoms with E-state index in [1.807, 2.05) is 27.2 Å². The molecule has 49 heavy (non-hydrogen) atoms. The number of carbonyl (C=O) groups is 1. The van der Waals surface area contributed by atoms with Crippen molar-refractivity contribution in [2.45, 2.75) is 174 Å². The number of amides is 1. The highest BCUT2D eigenvalue weighted by atomic mass is 31.2. The molecule has 3 atom stereocenters. The topological polar surface area (TPSA) is 108 Å². The Balaban J connectivity index is 4.54. The molecule has 0 spiro atoms. The second-order valence-electron chi connectivity index (χ2n) is 14.6. The smallest absolute Gasteiger partial charge is 0.268 e. The van der Waals surface area contributed by atoms with Crippen LogP contribution in [-0.2, 0) is 18.4 Å². The molecule has 0 rings (SSSR count). The van der Waals surface area contributed by atoms with Crippen LogP contribution in [0.5, 0.6) is 0 Å². The summed E-state index contributed by atoms with van der Waals surface area (Å²) in [5.41, 5.74) is 0. The van der Waals surface area contributed by atoms with Crippen molar-refractivity contribution in [1.29, 1.82) is 0 Å². The van der Waals surface area contributed by atoms with Crippen molar-refractivity contribution in [2.75, 3.05) is 40.9 Å². The zero-order valence-corrected chi connectivity index (χ0v) is 33.3.